The van der Waals surface area contributed by atoms with Crippen molar-refractivity contribution in [1.29, 1.82) is 0 Å². The molecule has 0 saturated carbocycles. The molecule has 5 heteroatoms. The van der Waals surface area contributed by atoms with Crippen molar-refractivity contribution in [2.75, 3.05) is 6.61 Å². The molecule has 0 radical (unpaired) electrons. The van der Waals surface area contributed by atoms with Gasteiger partial charge in [0.1, 0.15) is 5.75 Å². The minimum Gasteiger partial charge on any atom is -0.493 e. The van der Waals surface area contributed by atoms with E-state index in [9.17, 15) is 0 Å². The second-order valence-electron chi connectivity index (χ2n) is 6.99. The molecule has 3 aromatic rings. The highest BCUT2D eigenvalue weighted by Crippen LogP contribution is 2.26. The molecule has 1 atom stereocenters. The van der Waals surface area contributed by atoms with Crippen LogP contribution in [0.15, 0.2) is 52.9 Å². The fourth-order valence-electron chi connectivity index (χ4n) is 3.00. The van der Waals surface area contributed by atoms with Gasteiger partial charge in [-0.15, -0.1) is 21.8 Å². The van der Waals surface area contributed by atoms with Crippen molar-refractivity contribution in [3.63, 3.8) is 0 Å². The van der Waals surface area contributed by atoms with E-state index in [2.05, 4.69) is 24.0 Å². The summed E-state index contributed by atoms with van der Waals surface area (Å²) in [6.45, 7) is 5.21. The molecule has 0 aliphatic heterocycles. The number of ether oxygens (including phenoxy) is 1. The molecule has 2 aromatic carbocycles. The van der Waals surface area contributed by atoms with Crippen LogP contribution in [0, 0.1) is 5.92 Å². The van der Waals surface area contributed by atoms with Crippen LogP contribution in [-0.2, 0) is 5.88 Å². The summed E-state index contributed by atoms with van der Waals surface area (Å²) in [7, 11) is 0. The minimum absolute atomic E-state index is 0.487. The van der Waals surface area contributed by atoms with E-state index in [1.165, 1.54) is 19.3 Å². The number of aromatic nitrogens is 2. The first-order chi connectivity index (χ1) is 13.7. The summed E-state index contributed by atoms with van der Waals surface area (Å²) < 4.78 is 11.8. The molecule has 0 aliphatic rings. The lowest BCUT2D eigenvalue weighted by Gasteiger charge is -2.15. The first-order valence-corrected chi connectivity index (χ1v) is 10.5. The Morgan fingerprint density at radius 2 is 1.54 bits per heavy atom. The molecule has 0 saturated heterocycles. The summed E-state index contributed by atoms with van der Waals surface area (Å²) >= 11 is 5.83. The van der Waals surface area contributed by atoms with Gasteiger partial charge in [0, 0.05) is 17.0 Å². The van der Waals surface area contributed by atoms with E-state index < -0.39 is 0 Å². The highest BCUT2D eigenvalue weighted by Gasteiger charge is 2.11. The predicted octanol–water partition coefficient (Wildman–Crippen LogP) is 6.74. The summed E-state index contributed by atoms with van der Waals surface area (Å²) in [5, 5.41) is 8.33. The summed E-state index contributed by atoms with van der Waals surface area (Å²) in [6, 6.07) is 15.6. The van der Waals surface area contributed by atoms with E-state index in [0.29, 0.717) is 23.6 Å². The number of nitrogens with zero attached hydrogens (tertiary/aromatic N) is 2. The van der Waals surface area contributed by atoms with Gasteiger partial charge < -0.3 is 9.15 Å². The van der Waals surface area contributed by atoms with Gasteiger partial charge in [-0.3, -0.25) is 0 Å². The van der Waals surface area contributed by atoms with Gasteiger partial charge in [0.25, 0.3) is 0 Å². The molecule has 148 valence electrons. The fraction of sp³-hybridized carbons (Fsp3) is 0.391. The smallest absolute Gasteiger partial charge is 0.248 e. The molecule has 3 rings (SSSR count). The van der Waals surface area contributed by atoms with Crippen molar-refractivity contribution < 1.29 is 9.15 Å². The Hall–Kier alpha value is -2.33. The summed E-state index contributed by atoms with van der Waals surface area (Å²) in [6.07, 6.45) is 4.86. The molecule has 4 nitrogen and oxygen atoms in total. The molecule has 0 N–H and O–H groups in total. The zero-order chi connectivity index (χ0) is 19.8. The Bertz CT molecular complexity index is 844. The number of alkyl halides is 1. The molecule has 0 spiro atoms. The third kappa shape index (κ3) is 5.35. The topological polar surface area (TPSA) is 48.2 Å². The number of hydrogen-bond acceptors (Lipinski definition) is 4. The Kier molecular flexibility index (Phi) is 7.49. The summed E-state index contributed by atoms with van der Waals surface area (Å²) in [5.41, 5.74) is 2.81. The number of unbranched alkanes of at least 4 members (excludes halogenated alkanes) is 1. The van der Waals surface area contributed by atoms with E-state index in [4.69, 9.17) is 20.8 Å². The van der Waals surface area contributed by atoms with Crippen molar-refractivity contribution >= 4 is 11.6 Å². The lowest BCUT2D eigenvalue weighted by Crippen LogP contribution is -2.11. The molecule has 0 fully saturated rings. The minimum atomic E-state index is 0.487. The molecule has 28 heavy (non-hydrogen) atoms. The van der Waals surface area contributed by atoms with Crippen LogP contribution in [0.5, 0.6) is 5.75 Å². The Labute approximate surface area is 171 Å². The average Bonchev–Trinajstić information content (AvgIpc) is 3.24. The van der Waals surface area contributed by atoms with E-state index in [-0.39, 0.29) is 0 Å². The fourth-order valence-corrected chi connectivity index (χ4v) is 3.18. The van der Waals surface area contributed by atoms with E-state index in [0.717, 1.165) is 35.5 Å². The van der Waals surface area contributed by atoms with Crippen LogP contribution in [0.1, 0.15) is 45.1 Å². The van der Waals surface area contributed by atoms with Crippen LogP contribution in [-0.4, -0.2) is 16.8 Å². The van der Waals surface area contributed by atoms with Crippen LogP contribution in [0.25, 0.3) is 22.9 Å². The molecule has 1 heterocycles. The molecule has 0 aliphatic carbocycles. The maximum Gasteiger partial charge on any atom is 0.248 e. The molecule has 0 bridgehead atoms. The van der Waals surface area contributed by atoms with Gasteiger partial charge in [-0.25, -0.2) is 0 Å². The SMILES string of the molecule is CCCCC(CC)COc1ccc(-c2nnc(-c3ccc(CCl)cc3)o2)cc1. The van der Waals surface area contributed by atoms with Crippen molar-refractivity contribution in [2.24, 2.45) is 5.92 Å². The molecule has 0 amide bonds. The largest absolute Gasteiger partial charge is 0.493 e. The normalized spacial score (nSPS) is 12.1. The van der Waals surface area contributed by atoms with Gasteiger partial charge in [0.2, 0.25) is 11.8 Å². The molecular formula is C23H27ClN2O2. The van der Waals surface area contributed by atoms with Gasteiger partial charge in [0.05, 0.1) is 6.61 Å². The summed E-state index contributed by atoms with van der Waals surface area (Å²) in [5.74, 6) is 2.97. The first-order valence-electron chi connectivity index (χ1n) is 9.95. The van der Waals surface area contributed by atoms with Gasteiger partial charge in [-0.2, -0.15) is 0 Å². The number of rotatable bonds is 10. The monoisotopic (exact) mass is 398 g/mol. The van der Waals surface area contributed by atoms with Crippen LogP contribution >= 0.6 is 11.6 Å². The van der Waals surface area contributed by atoms with Crippen molar-refractivity contribution in [1.82, 2.24) is 10.2 Å². The Balaban J connectivity index is 1.62. The van der Waals surface area contributed by atoms with Crippen LogP contribution in [0.4, 0.5) is 0 Å². The average molecular weight is 399 g/mol. The van der Waals surface area contributed by atoms with Gasteiger partial charge in [-0.05, 0) is 54.3 Å². The lowest BCUT2D eigenvalue weighted by molar-refractivity contribution is 0.233. The van der Waals surface area contributed by atoms with Crippen LogP contribution in [0.2, 0.25) is 0 Å². The van der Waals surface area contributed by atoms with Crippen LogP contribution < -0.4 is 4.74 Å². The lowest BCUT2D eigenvalue weighted by atomic mass is 10.0. The third-order valence-corrected chi connectivity index (χ3v) is 5.22. The summed E-state index contributed by atoms with van der Waals surface area (Å²) in [4.78, 5) is 0. The predicted molar refractivity (Wildman–Crippen MR) is 114 cm³/mol. The zero-order valence-electron chi connectivity index (χ0n) is 16.5. The molecular weight excluding hydrogens is 372 g/mol. The quantitative estimate of drug-likeness (QED) is 0.355. The number of benzene rings is 2. The van der Waals surface area contributed by atoms with Gasteiger partial charge >= 0.3 is 0 Å². The molecule has 1 aromatic heterocycles. The van der Waals surface area contributed by atoms with Gasteiger partial charge in [-0.1, -0.05) is 45.2 Å². The molecule has 1 unspecified atom stereocenters. The number of hydrogen-bond donors (Lipinski definition) is 0. The highest BCUT2D eigenvalue weighted by atomic mass is 35.5. The maximum atomic E-state index is 5.97. The third-order valence-electron chi connectivity index (χ3n) is 4.91. The van der Waals surface area contributed by atoms with Crippen molar-refractivity contribution in [2.45, 2.75) is 45.4 Å². The van der Waals surface area contributed by atoms with Crippen LogP contribution in [0.3, 0.4) is 0 Å². The maximum absolute atomic E-state index is 5.97. The Morgan fingerprint density at radius 3 is 2.07 bits per heavy atom. The zero-order valence-corrected chi connectivity index (χ0v) is 17.3. The van der Waals surface area contributed by atoms with E-state index >= 15 is 0 Å². The first kappa shape index (κ1) is 20.4. The van der Waals surface area contributed by atoms with E-state index in [1.807, 2.05) is 48.5 Å². The number of halogens is 1. The van der Waals surface area contributed by atoms with Crippen molar-refractivity contribution in [3.8, 4) is 28.7 Å². The van der Waals surface area contributed by atoms with Gasteiger partial charge in [0.15, 0.2) is 0 Å². The standard InChI is InChI=1S/C23H27ClN2O2/c1-3-5-6-17(4-2)16-27-21-13-11-20(12-14-21)23-26-25-22(28-23)19-9-7-18(15-24)8-10-19/h7-14,17H,3-6,15-16H2,1-2H3. The van der Waals surface area contributed by atoms with E-state index in [1.54, 1.807) is 0 Å². The van der Waals surface area contributed by atoms with Crippen molar-refractivity contribution in [3.05, 3.63) is 54.1 Å². The second kappa shape index (κ2) is 10.3. The highest BCUT2D eigenvalue weighted by molar-refractivity contribution is 6.17. The second-order valence-corrected chi connectivity index (χ2v) is 7.26. The Morgan fingerprint density at radius 1 is 0.929 bits per heavy atom.